The number of carbonyl (C=O) groups is 1. The third-order valence-electron chi connectivity index (χ3n) is 2.99. The number of carboxylic acid groups (broad SMARTS) is 1. The Labute approximate surface area is 101 Å². The topological polar surface area (TPSA) is 55.8 Å². The van der Waals surface area contributed by atoms with Crippen molar-refractivity contribution in [3.8, 4) is 0 Å². The van der Waals surface area contributed by atoms with E-state index in [9.17, 15) is 4.79 Å². The summed E-state index contributed by atoms with van der Waals surface area (Å²) in [4.78, 5) is 10.9. The molecule has 1 saturated heterocycles. The number of aliphatic carboxylic acids is 1. The van der Waals surface area contributed by atoms with Crippen molar-refractivity contribution in [2.45, 2.75) is 45.0 Å². The predicted octanol–water partition coefficient (Wildman–Crippen LogP) is 2.25. The van der Waals surface area contributed by atoms with E-state index in [1.54, 1.807) is 0 Å². The zero-order chi connectivity index (χ0) is 12.2. The summed E-state index contributed by atoms with van der Waals surface area (Å²) < 4.78 is 10.7. The molecule has 1 heterocycles. The van der Waals surface area contributed by atoms with Crippen LogP contribution in [0.1, 0.15) is 33.1 Å². The first-order valence-electron chi connectivity index (χ1n) is 5.60. The maximum atomic E-state index is 10.9. The highest BCUT2D eigenvalue weighted by atomic mass is 35.5. The van der Waals surface area contributed by atoms with Gasteiger partial charge in [0.05, 0.1) is 12.7 Å². The number of alkyl halides is 1. The molecular formula is C11H19ClO4. The zero-order valence-electron chi connectivity index (χ0n) is 9.74. The molecule has 0 aromatic heterocycles. The van der Waals surface area contributed by atoms with Crippen LogP contribution in [-0.4, -0.2) is 35.5 Å². The Morgan fingerprint density at radius 1 is 1.56 bits per heavy atom. The fourth-order valence-electron chi connectivity index (χ4n) is 1.82. The SMILES string of the molecule is CC1OC(C)(C(=O)O)OCC1CCCCCl. The maximum Gasteiger partial charge on any atom is 0.364 e. The molecule has 16 heavy (non-hydrogen) atoms. The van der Waals surface area contributed by atoms with Gasteiger partial charge in [0.15, 0.2) is 0 Å². The fraction of sp³-hybridized carbons (Fsp3) is 0.909. The number of carboxylic acids is 1. The van der Waals surface area contributed by atoms with Crippen LogP contribution >= 0.6 is 11.6 Å². The largest absolute Gasteiger partial charge is 0.477 e. The van der Waals surface area contributed by atoms with Crippen LogP contribution in [-0.2, 0) is 14.3 Å². The molecule has 0 aromatic rings. The van der Waals surface area contributed by atoms with Gasteiger partial charge in [-0.25, -0.2) is 4.79 Å². The van der Waals surface area contributed by atoms with Gasteiger partial charge in [0.2, 0.25) is 0 Å². The Kier molecular flexibility index (Phi) is 5.02. The van der Waals surface area contributed by atoms with Gasteiger partial charge in [-0.05, 0) is 19.8 Å². The molecule has 1 rings (SSSR count). The van der Waals surface area contributed by atoms with E-state index in [0.29, 0.717) is 12.5 Å². The summed E-state index contributed by atoms with van der Waals surface area (Å²) in [6.07, 6.45) is 2.87. The van der Waals surface area contributed by atoms with E-state index in [1.807, 2.05) is 6.92 Å². The van der Waals surface area contributed by atoms with Crippen LogP contribution in [0.5, 0.6) is 0 Å². The van der Waals surface area contributed by atoms with Gasteiger partial charge in [-0.15, -0.1) is 11.6 Å². The van der Waals surface area contributed by atoms with Crippen LogP contribution in [0.2, 0.25) is 0 Å². The second kappa shape index (κ2) is 5.84. The van der Waals surface area contributed by atoms with Crippen LogP contribution in [0, 0.1) is 5.92 Å². The molecule has 1 N–H and O–H groups in total. The highest BCUT2D eigenvalue weighted by Crippen LogP contribution is 2.29. The van der Waals surface area contributed by atoms with Crippen molar-refractivity contribution >= 4 is 17.6 Å². The first-order valence-corrected chi connectivity index (χ1v) is 6.14. The van der Waals surface area contributed by atoms with E-state index in [2.05, 4.69) is 0 Å². The second-order valence-corrected chi connectivity index (χ2v) is 4.71. The molecule has 94 valence electrons. The van der Waals surface area contributed by atoms with Gasteiger partial charge in [0.1, 0.15) is 0 Å². The average Bonchev–Trinajstić information content (AvgIpc) is 2.21. The minimum absolute atomic E-state index is 0.0924. The summed E-state index contributed by atoms with van der Waals surface area (Å²) in [6.45, 7) is 3.78. The van der Waals surface area contributed by atoms with Gasteiger partial charge in [0.25, 0.3) is 5.79 Å². The van der Waals surface area contributed by atoms with Crippen molar-refractivity contribution < 1.29 is 19.4 Å². The van der Waals surface area contributed by atoms with Gasteiger partial charge in [-0.2, -0.15) is 0 Å². The molecule has 0 bridgehead atoms. The quantitative estimate of drug-likeness (QED) is 0.601. The molecule has 0 amide bonds. The van der Waals surface area contributed by atoms with Gasteiger partial charge in [-0.3, -0.25) is 0 Å². The highest BCUT2D eigenvalue weighted by Gasteiger charge is 2.43. The first kappa shape index (κ1) is 13.7. The number of hydrogen-bond donors (Lipinski definition) is 1. The normalized spacial score (nSPS) is 34.9. The maximum absolute atomic E-state index is 10.9. The lowest BCUT2D eigenvalue weighted by atomic mass is 9.96. The molecule has 3 unspecified atom stereocenters. The molecule has 0 spiro atoms. The standard InChI is InChI=1S/C11H19ClO4/c1-8-9(5-3-4-6-12)7-15-11(2,16-8)10(13)14/h8-9H,3-7H2,1-2H3,(H,13,14). The number of ether oxygens (including phenoxy) is 2. The number of unbranched alkanes of at least 4 members (excludes halogenated alkanes) is 1. The summed E-state index contributed by atoms with van der Waals surface area (Å²) in [5, 5.41) is 8.95. The molecule has 5 heteroatoms. The molecule has 0 aliphatic carbocycles. The lowest BCUT2D eigenvalue weighted by Crippen LogP contribution is -2.51. The summed E-state index contributed by atoms with van der Waals surface area (Å²) in [6, 6.07) is 0. The fourth-order valence-corrected chi connectivity index (χ4v) is 2.01. The molecule has 0 radical (unpaired) electrons. The van der Waals surface area contributed by atoms with Crippen molar-refractivity contribution in [3.63, 3.8) is 0 Å². The van der Waals surface area contributed by atoms with Crippen LogP contribution in [0.25, 0.3) is 0 Å². The van der Waals surface area contributed by atoms with Crippen molar-refractivity contribution in [2.24, 2.45) is 5.92 Å². The molecule has 4 nitrogen and oxygen atoms in total. The van der Waals surface area contributed by atoms with Crippen LogP contribution in [0.3, 0.4) is 0 Å². The molecule has 0 aromatic carbocycles. The predicted molar refractivity (Wildman–Crippen MR) is 60.6 cm³/mol. The third-order valence-corrected chi connectivity index (χ3v) is 3.26. The molecule has 1 fully saturated rings. The van der Waals surface area contributed by atoms with Crippen molar-refractivity contribution in [3.05, 3.63) is 0 Å². The Hall–Kier alpha value is -0.320. The Morgan fingerprint density at radius 2 is 2.25 bits per heavy atom. The summed E-state index contributed by atoms with van der Waals surface area (Å²) in [7, 11) is 0. The number of rotatable bonds is 5. The van der Waals surface area contributed by atoms with E-state index in [-0.39, 0.29) is 12.0 Å². The summed E-state index contributed by atoms with van der Waals surface area (Å²) in [5.41, 5.74) is 0. The molecule has 1 aliphatic heterocycles. The van der Waals surface area contributed by atoms with Crippen LogP contribution in [0.4, 0.5) is 0 Å². The second-order valence-electron chi connectivity index (χ2n) is 4.33. The Bertz CT molecular complexity index is 246. The van der Waals surface area contributed by atoms with Crippen molar-refractivity contribution in [1.82, 2.24) is 0 Å². The van der Waals surface area contributed by atoms with Crippen molar-refractivity contribution in [1.29, 1.82) is 0 Å². The van der Waals surface area contributed by atoms with Crippen LogP contribution in [0.15, 0.2) is 0 Å². The molecule has 0 saturated carbocycles. The van der Waals surface area contributed by atoms with E-state index in [1.165, 1.54) is 6.92 Å². The summed E-state index contributed by atoms with van der Waals surface area (Å²) in [5.74, 6) is -1.63. The number of hydrogen-bond acceptors (Lipinski definition) is 3. The lowest BCUT2D eigenvalue weighted by Gasteiger charge is -2.39. The van der Waals surface area contributed by atoms with E-state index in [4.69, 9.17) is 26.2 Å². The molecular weight excluding hydrogens is 232 g/mol. The van der Waals surface area contributed by atoms with Crippen LogP contribution < -0.4 is 0 Å². The zero-order valence-corrected chi connectivity index (χ0v) is 10.5. The number of halogens is 1. The minimum atomic E-state index is -1.48. The highest BCUT2D eigenvalue weighted by molar-refractivity contribution is 6.17. The minimum Gasteiger partial charge on any atom is -0.477 e. The van der Waals surface area contributed by atoms with Gasteiger partial charge >= 0.3 is 5.97 Å². The van der Waals surface area contributed by atoms with Crippen molar-refractivity contribution in [2.75, 3.05) is 12.5 Å². The average molecular weight is 251 g/mol. The summed E-state index contributed by atoms with van der Waals surface area (Å²) >= 11 is 5.60. The smallest absolute Gasteiger partial charge is 0.364 e. The Morgan fingerprint density at radius 3 is 2.75 bits per heavy atom. The van der Waals surface area contributed by atoms with E-state index < -0.39 is 11.8 Å². The lowest BCUT2D eigenvalue weighted by molar-refractivity contribution is -0.292. The van der Waals surface area contributed by atoms with Gasteiger partial charge < -0.3 is 14.6 Å². The van der Waals surface area contributed by atoms with Gasteiger partial charge in [-0.1, -0.05) is 6.42 Å². The molecule has 1 aliphatic rings. The third kappa shape index (κ3) is 3.34. The van der Waals surface area contributed by atoms with E-state index >= 15 is 0 Å². The Balaban J connectivity index is 2.43. The first-order chi connectivity index (χ1) is 7.49. The monoisotopic (exact) mass is 250 g/mol. The van der Waals surface area contributed by atoms with Gasteiger partial charge in [0, 0.05) is 18.7 Å². The molecule has 3 atom stereocenters. The van der Waals surface area contributed by atoms with E-state index in [0.717, 1.165) is 19.3 Å².